The molecule has 0 radical (unpaired) electrons. The van der Waals surface area contributed by atoms with Gasteiger partial charge in [0.2, 0.25) is 5.91 Å². The van der Waals surface area contributed by atoms with Gasteiger partial charge in [-0.3, -0.25) is 25.2 Å². The number of carbonyl (C=O) groups is 3. The van der Waals surface area contributed by atoms with Crippen molar-refractivity contribution in [2.45, 2.75) is 25.3 Å². The molecular weight excluding hydrogens is 380 g/mol. The predicted octanol–water partition coefficient (Wildman–Crippen LogP) is 2.75. The number of piperidine rings is 1. The second-order valence-electron chi connectivity index (χ2n) is 7.19. The molecular formula is C23H22N4O3. The summed E-state index contributed by atoms with van der Waals surface area (Å²) in [6.07, 6.45) is 2.09. The summed E-state index contributed by atoms with van der Waals surface area (Å²) in [4.78, 5) is 43.9. The molecule has 2 N–H and O–H groups in total. The largest absolute Gasteiger partial charge is 0.326 e. The van der Waals surface area contributed by atoms with Crippen LogP contribution in [0.5, 0.6) is 0 Å². The molecule has 7 nitrogen and oxygen atoms in total. The number of benzene rings is 2. The van der Waals surface area contributed by atoms with E-state index in [1.807, 2.05) is 42.5 Å². The van der Waals surface area contributed by atoms with Gasteiger partial charge in [0.15, 0.2) is 0 Å². The molecule has 30 heavy (non-hydrogen) atoms. The van der Waals surface area contributed by atoms with E-state index in [9.17, 15) is 14.4 Å². The van der Waals surface area contributed by atoms with Crippen molar-refractivity contribution in [3.63, 3.8) is 0 Å². The van der Waals surface area contributed by atoms with Crippen LogP contribution in [0.3, 0.4) is 0 Å². The molecule has 1 saturated heterocycles. The summed E-state index contributed by atoms with van der Waals surface area (Å²) in [7, 11) is 0. The topological polar surface area (TPSA) is 91.4 Å². The number of rotatable bonds is 4. The third-order valence-electron chi connectivity index (χ3n) is 5.17. The van der Waals surface area contributed by atoms with Gasteiger partial charge in [-0.1, -0.05) is 54.6 Å². The number of carbonyl (C=O) groups excluding carboxylic acids is 3. The van der Waals surface area contributed by atoms with Gasteiger partial charge in [-0.15, -0.1) is 0 Å². The zero-order valence-corrected chi connectivity index (χ0v) is 16.4. The summed E-state index contributed by atoms with van der Waals surface area (Å²) < 4.78 is 0. The first-order valence-electron chi connectivity index (χ1n) is 9.94. The first kappa shape index (κ1) is 19.6. The Bertz CT molecular complexity index is 1080. The van der Waals surface area contributed by atoms with Crippen molar-refractivity contribution in [1.29, 1.82) is 0 Å². The molecule has 0 aliphatic carbocycles. The molecule has 2 heterocycles. The van der Waals surface area contributed by atoms with Crippen LogP contribution in [0, 0.1) is 0 Å². The fourth-order valence-electron chi connectivity index (χ4n) is 3.65. The van der Waals surface area contributed by atoms with E-state index in [2.05, 4.69) is 15.8 Å². The molecule has 7 heteroatoms. The van der Waals surface area contributed by atoms with Crippen LogP contribution in [-0.2, 0) is 9.59 Å². The monoisotopic (exact) mass is 402 g/mol. The Morgan fingerprint density at radius 3 is 2.47 bits per heavy atom. The number of likely N-dealkylation sites (tertiary alicyclic amines) is 1. The number of hydrazine groups is 1. The lowest BCUT2D eigenvalue weighted by Gasteiger charge is -2.34. The summed E-state index contributed by atoms with van der Waals surface area (Å²) >= 11 is 0. The van der Waals surface area contributed by atoms with E-state index in [1.54, 1.807) is 29.2 Å². The van der Waals surface area contributed by atoms with E-state index in [0.29, 0.717) is 24.0 Å². The highest BCUT2D eigenvalue weighted by atomic mass is 16.2. The number of fused-ring (bicyclic) bond motifs is 1. The Balaban J connectivity index is 1.50. The normalized spacial score (nSPS) is 14.9. The number of pyridine rings is 1. The molecule has 1 fully saturated rings. The van der Waals surface area contributed by atoms with E-state index < -0.39 is 17.9 Å². The van der Waals surface area contributed by atoms with Crippen LogP contribution < -0.4 is 10.9 Å². The summed E-state index contributed by atoms with van der Waals surface area (Å²) in [5.41, 5.74) is 6.49. The number of nitrogens with one attached hydrogen (secondary N) is 2. The average molecular weight is 402 g/mol. The maximum Gasteiger partial charge on any atom is 0.288 e. The fourth-order valence-corrected chi connectivity index (χ4v) is 3.65. The van der Waals surface area contributed by atoms with Gasteiger partial charge in [-0.2, -0.15) is 0 Å². The average Bonchev–Trinajstić information content (AvgIpc) is 2.79. The number of amides is 3. The molecule has 2 aromatic carbocycles. The van der Waals surface area contributed by atoms with Gasteiger partial charge < -0.3 is 4.90 Å². The summed E-state index contributed by atoms with van der Waals surface area (Å²) in [5, 5.41) is 0.922. The quantitative estimate of drug-likeness (QED) is 0.657. The standard InChI is InChI=1S/C23H22N4O3/c28-20-12-6-7-15-27(20)21(17-9-2-1-3-10-17)23(30)26-25-22(29)19-14-13-16-8-4-5-11-18(16)24-19/h1-5,8-11,13-14,21H,6-7,12,15H2,(H,25,29)(H,26,30). The first-order valence-corrected chi connectivity index (χ1v) is 9.94. The van der Waals surface area contributed by atoms with Gasteiger partial charge in [0.25, 0.3) is 11.8 Å². The fraction of sp³-hybridized carbons (Fsp3) is 0.217. The third kappa shape index (κ3) is 4.15. The molecule has 152 valence electrons. The molecule has 1 aliphatic rings. The number of nitrogens with zero attached hydrogens (tertiary/aromatic N) is 2. The Hall–Kier alpha value is -3.74. The van der Waals surface area contributed by atoms with Crippen molar-refractivity contribution < 1.29 is 14.4 Å². The molecule has 1 unspecified atom stereocenters. The minimum Gasteiger partial charge on any atom is -0.326 e. The Kier molecular flexibility index (Phi) is 5.70. The lowest BCUT2D eigenvalue weighted by Crippen LogP contribution is -2.50. The second kappa shape index (κ2) is 8.73. The smallest absolute Gasteiger partial charge is 0.288 e. The maximum atomic E-state index is 13.0. The third-order valence-corrected chi connectivity index (χ3v) is 5.17. The van der Waals surface area contributed by atoms with Crippen molar-refractivity contribution in [2.24, 2.45) is 0 Å². The minimum absolute atomic E-state index is 0.0622. The summed E-state index contributed by atoms with van der Waals surface area (Å²) in [6.45, 7) is 0.506. The van der Waals surface area contributed by atoms with Crippen LogP contribution in [0.15, 0.2) is 66.7 Å². The van der Waals surface area contributed by atoms with E-state index in [4.69, 9.17) is 0 Å². The van der Waals surface area contributed by atoms with Gasteiger partial charge >= 0.3 is 0 Å². The Labute approximate surface area is 174 Å². The van der Waals surface area contributed by atoms with E-state index in [1.165, 1.54) is 0 Å². The molecule has 3 aromatic rings. The Morgan fingerprint density at radius 1 is 0.900 bits per heavy atom. The summed E-state index contributed by atoms with van der Waals surface area (Å²) in [5.74, 6) is -1.05. The van der Waals surface area contributed by atoms with Gasteiger partial charge in [0, 0.05) is 18.4 Å². The maximum absolute atomic E-state index is 13.0. The highest BCUT2D eigenvalue weighted by Gasteiger charge is 2.32. The van der Waals surface area contributed by atoms with Crippen molar-refractivity contribution in [1.82, 2.24) is 20.7 Å². The van der Waals surface area contributed by atoms with Crippen molar-refractivity contribution >= 4 is 28.6 Å². The number of hydrogen-bond donors (Lipinski definition) is 2. The number of para-hydroxylation sites is 1. The van der Waals surface area contributed by atoms with E-state index >= 15 is 0 Å². The summed E-state index contributed by atoms with van der Waals surface area (Å²) in [6, 6.07) is 19.2. The highest BCUT2D eigenvalue weighted by Crippen LogP contribution is 2.25. The van der Waals surface area contributed by atoms with Crippen LogP contribution in [0.4, 0.5) is 0 Å². The Morgan fingerprint density at radius 2 is 1.67 bits per heavy atom. The van der Waals surface area contributed by atoms with Crippen LogP contribution in [0.1, 0.15) is 41.4 Å². The van der Waals surface area contributed by atoms with Gasteiger partial charge in [-0.05, 0) is 30.5 Å². The van der Waals surface area contributed by atoms with Crippen molar-refractivity contribution in [3.05, 3.63) is 78.0 Å². The molecule has 3 amide bonds. The van der Waals surface area contributed by atoms with Crippen LogP contribution in [0.25, 0.3) is 10.9 Å². The lowest BCUT2D eigenvalue weighted by molar-refractivity contribution is -0.143. The number of aromatic nitrogens is 1. The van der Waals surface area contributed by atoms with Crippen molar-refractivity contribution in [3.8, 4) is 0 Å². The van der Waals surface area contributed by atoms with Crippen molar-refractivity contribution in [2.75, 3.05) is 6.54 Å². The molecule has 4 rings (SSSR count). The van der Waals surface area contributed by atoms with E-state index in [0.717, 1.165) is 18.2 Å². The zero-order valence-electron chi connectivity index (χ0n) is 16.4. The van der Waals surface area contributed by atoms with Gasteiger partial charge in [-0.25, -0.2) is 4.98 Å². The predicted molar refractivity (Wildman–Crippen MR) is 112 cm³/mol. The second-order valence-corrected chi connectivity index (χ2v) is 7.19. The molecule has 0 bridgehead atoms. The minimum atomic E-state index is -0.802. The van der Waals surface area contributed by atoms with Gasteiger partial charge in [0.05, 0.1) is 5.52 Å². The first-order chi connectivity index (χ1) is 14.6. The van der Waals surface area contributed by atoms with Gasteiger partial charge in [0.1, 0.15) is 11.7 Å². The van der Waals surface area contributed by atoms with E-state index in [-0.39, 0.29) is 11.6 Å². The number of hydrogen-bond acceptors (Lipinski definition) is 4. The van der Waals surface area contributed by atoms with Crippen LogP contribution in [0.2, 0.25) is 0 Å². The molecule has 1 atom stereocenters. The molecule has 1 aliphatic heterocycles. The van der Waals surface area contributed by atoms with Crippen LogP contribution in [-0.4, -0.2) is 34.2 Å². The highest BCUT2D eigenvalue weighted by molar-refractivity contribution is 5.97. The van der Waals surface area contributed by atoms with Crippen LogP contribution >= 0.6 is 0 Å². The zero-order chi connectivity index (χ0) is 20.9. The molecule has 1 aromatic heterocycles. The molecule has 0 saturated carbocycles. The SMILES string of the molecule is O=C(NNC(=O)C(c1ccccc1)N1CCCCC1=O)c1ccc2ccccc2n1. The lowest BCUT2D eigenvalue weighted by atomic mass is 10.0. The molecule has 0 spiro atoms.